The normalized spacial score (nSPS) is 10.1. The van der Waals surface area contributed by atoms with Gasteiger partial charge in [0.15, 0.2) is 0 Å². The van der Waals surface area contributed by atoms with Gasteiger partial charge in [0.2, 0.25) is 5.91 Å². The largest absolute Gasteiger partial charge is 0.497 e. The Balaban J connectivity index is 2.04. The van der Waals surface area contributed by atoms with Crippen LogP contribution in [-0.2, 0) is 11.2 Å². The van der Waals surface area contributed by atoms with Crippen molar-refractivity contribution in [3.05, 3.63) is 48.0 Å². The number of rotatable bonds is 6. The quantitative estimate of drug-likeness (QED) is 0.831. The Kier molecular flexibility index (Phi) is 4.90. The maximum atomic E-state index is 11.6. The number of nitrogens with zero attached hydrogens (tertiary/aromatic N) is 1. The highest BCUT2D eigenvalue weighted by Gasteiger charge is 2.08. The number of thiazole rings is 1. The second-order valence-electron chi connectivity index (χ2n) is 4.14. The lowest BCUT2D eigenvalue weighted by molar-refractivity contribution is -0.120. The minimum Gasteiger partial charge on any atom is -0.497 e. The standard InChI is InChI=1S/C15H16N2O2S/c1-3-8-16-14(18)9-12-10-20-15(17-12)11-4-6-13(19-2)7-5-11/h3-7,10H,1,8-9H2,2H3,(H,16,18). The second-order valence-corrected chi connectivity index (χ2v) is 5.00. The van der Waals surface area contributed by atoms with Gasteiger partial charge in [-0.1, -0.05) is 6.08 Å². The molecule has 0 atom stereocenters. The highest BCUT2D eigenvalue weighted by molar-refractivity contribution is 7.13. The van der Waals surface area contributed by atoms with E-state index in [1.165, 1.54) is 11.3 Å². The van der Waals surface area contributed by atoms with Gasteiger partial charge in [-0.25, -0.2) is 4.98 Å². The molecule has 1 aromatic carbocycles. The predicted octanol–water partition coefficient (Wildman–Crippen LogP) is 2.66. The van der Waals surface area contributed by atoms with Crippen molar-refractivity contribution in [3.63, 3.8) is 0 Å². The van der Waals surface area contributed by atoms with E-state index in [1.54, 1.807) is 13.2 Å². The number of aromatic nitrogens is 1. The molecule has 0 bridgehead atoms. The number of ether oxygens (including phenoxy) is 1. The van der Waals surface area contributed by atoms with Gasteiger partial charge in [-0.15, -0.1) is 17.9 Å². The molecule has 0 saturated carbocycles. The van der Waals surface area contributed by atoms with Crippen LogP contribution in [0.15, 0.2) is 42.3 Å². The Morgan fingerprint density at radius 2 is 2.20 bits per heavy atom. The van der Waals surface area contributed by atoms with Gasteiger partial charge in [-0.2, -0.15) is 0 Å². The van der Waals surface area contributed by atoms with Gasteiger partial charge in [-0.3, -0.25) is 4.79 Å². The molecule has 0 unspecified atom stereocenters. The molecule has 0 spiro atoms. The van der Waals surface area contributed by atoms with Crippen LogP contribution in [0.4, 0.5) is 0 Å². The predicted molar refractivity (Wildman–Crippen MR) is 81.0 cm³/mol. The number of methoxy groups -OCH3 is 1. The molecular weight excluding hydrogens is 272 g/mol. The summed E-state index contributed by atoms with van der Waals surface area (Å²) in [6, 6.07) is 7.71. The van der Waals surface area contributed by atoms with E-state index < -0.39 is 0 Å². The van der Waals surface area contributed by atoms with Crippen molar-refractivity contribution >= 4 is 17.2 Å². The molecule has 1 heterocycles. The minimum atomic E-state index is -0.0449. The van der Waals surface area contributed by atoms with Crippen molar-refractivity contribution in [3.8, 4) is 16.3 Å². The number of carbonyl (C=O) groups excluding carboxylic acids is 1. The molecule has 4 nitrogen and oxygen atoms in total. The zero-order chi connectivity index (χ0) is 14.4. The number of amides is 1. The summed E-state index contributed by atoms with van der Waals surface area (Å²) in [6.07, 6.45) is 1.95. The van der Waals surface area contributed by atoms with E-state index in [9.17, 15) is 4.79 Å². The van der Waals surface area contributed by atoms with Crippen molar-refractivity contribution in [2.75, 3.05) is 13.7 Å². The van der Waals surface area contributed by atoms with Gasteiger partial charge < -0.3 is 10.1 Å². The molecule has 1 N–H and O–H groups in total. The van der Waals surface area contributed by atoms with Gasteiger partial charge in [-0.05, 0) is 24.3 Å². The van der Waals surface area contributed by atoms with E-state index in [1.807, 2.05) is 29.6 Å². The Morgan fingerprint density at radius 1 is 1.45 bits per heavy atom. The molecule has 1 amide bonds. The van der Waals surface area contributed by atoms with Crippen molar-refractivity contribution in [1.29, 1.82) is 0 Å². The zero-order valence-corrected chi connectivity index (χ0v) is 12.1. The fourth-order valence-electron chi connectivity index (χ4n) is 1.67. The fraction of sp³-hybridized carbons (Fsp3) is 0.200. The number of nitrogens with one attached hydrogen (secondary N) is 1. The van der Waals surface area contributed by atoms with Crippen LogP contribution < -0.4 is 10.1 Å². The fourth-order valence-corrected chi connectivity index (χ4v) is 2.49. The minimum absolute atomic E-state index is 0.0449. The number of hydrogen-bond acceptors (Lipinski definition) is 4. The number of benzene rings is 1. The third-order valence-corrected chi connectivity index (χ3v) is 3.61. The zero-order valence-electron chi connectivity index (χ0n) is 11.3. The first kappa shape index (κ1) is 14.3. The summed E-state index contributed by atoms with van der Waals surface area (Å²) in [5.41, 5.74) is 1.80. The Morgan fingerprint density at radius 3 is 2.85 bits per heavy atom. The van der Waals surface area contributed by atoms with Crippen LogP contribution in [0.25, 0.3) is 10.6 Å². The third-order valence-electron chi connectivity index (χ3n) is 2.67. The molecule has 0 saturated heterocycles. The molecule has 2 aromatic rings. The van der Waals surface area contributed by atoms with Crippen LogP contribution in [0.1, 0.15) is 5.69 Å². The van der Waals surface area contributed by atoms with Crippen molar-refractivity contribution in [2.45, 2.75) is 6.42 Å². The summed E-state index contributed by atoms with van der Waals surface area (Å²) in [6.45, 7) is 4.04. The number of carbonyl (C=O) groups is 1. The molecular formula is C15H16N2O2S. The molecule has 0 aliphatic carbocycles. The Hall–Kier alpha value is -2.14. The molecule has 0 aliphatic rings. The highest BCUT2D eigenvalue weighted by atomic mass is 32.1. The second kappa shape index (κ2) is 6.86. The summed E-state index contributed by atoms with van der Waals surface area (Å²) in [4.78, 5) is 16.1. The summed E-state index contributed by atoms with van der Waals surface area (Å²) in [7, 11) is 1.64. The third kappa shape index (κ3) is 3.68. The van der Waals surface area contributed by atoms with Crippen LogP contribution in [0.2, 0.25) is 0 Å². The highest BCUT2D eigenvalue weighted by Crippen LogP contribution is 2.25. The topological polar surface area (TPSA) is 51.2 Å². The van der Waals surface area contributed by atoms with E-state index in [0.29, 0.717) is 13.0 Å². The maximum absolute atomic E-state index is 11.6. The summed E-state index contributed by atoms with van der Waals surface area (Å²) >= 11 is 1.53. The first-order chi connectivity index (χ1) is 9.72. The Labute approximate surface area is 122 Å². The maximum Gasteiger partial charge on any atom is 0.226 e. The first-order valence-corrected chi connectivity index (χ1v) is 7.07. The van der Waals surface area contributed by atoms with E-state index in [4.69, 9.17) is 4.74 Å². The smallest absolute Gasteiger partial charge is 0.226 e. The summed E-state index contributed by atoms with van der Waals surface area (Å²) in [5.74, 6) is 0.769. The lowest BCUT2D eigenvalue weighted by Gasteiger charge is -2.00. The number of hydrogen-bond donors (Lipinski definition) is 1. The molecule has 5 heteroatoms. The van der Waals surface area contributed by atoms with Crippen LogP contribution in [0.3, 0.4) is 0 Å². The van der Waals surface area contributed by atoms with Gasteiger partial charge in [0.05, 0.1) is 19.2 Å². The molecule has 2 rings (SSSR count). The van der Waals surface area contributed by atoms with Crippen LogP contribution in [-0.4, -0.2) is 24.5 Å². The van der Waals surface area contributed by atoms with E-state index in [-0.39, 0.29) is 5.91 Å². The lowest BCUT2D eigenvalue weighted by atomic mass is 10.2. The van der Waals surface area contributed by atoms with E-state index in [2.05, 4.69) is 16.9 Å². The van der Waals surface area contributed by atoms with Crippen LogP contribution in [0, 0.1) is 0 Å². The molecule has 104 valence electrons. The molecule has 1 aromatic heterocycles. The van der Waals surface area contributed by atoms with Crippen LogP contribution in [0.5, 0.6) is 5.75 Å². The van der Waals surface area contributed by atoms with Crippen molar-refractivity contribution < 1.29 is 9.53 Å². The van der Waals surface area contributed by atoms with E-state index >= 15 is 0 Å². The SMILES string of the molecule is C=CCNC(=O)Cc1csc(-c2ccc(OC)cc2)n1. The van der Waals surface area contributed by atoms with E-state index in [0.717, 1.165) is 22.0 Å². The van der Waals surface area contributed by atoms with Crippen molar-refractivity contribution in [1.82, 2.24) is 10.3 Å². The molecule has 0 fully saturated rings. The molecule has 0 radical (unpaired) electrons. The monoisotopic (exact) mass is 288 g/mol. The van der Waals surface area contributed by atoms with Gasteiger partial charge >= 0.3 is 0 Å². The average molecular weight is 288 g/mol. The lowest BCUT2D eigenvalue weighted by Crippen LogP contribution is -2.25. The first-order valence-electron chi connectivity index (χ1n) is 6.19. The van der Waals surface area contributed by atoms with Gasteiger partial charge in [0.25, 0.3) is 0 Å². The van der Waals surface area contributed by atoms with Crippen molar-refractivity contribution in [2.24, 2.45) is 0 Å². The van der Waals surface area contributed by atoms with Crippen LogP contribution >= 0.6 is 11.3 Å². The summed E-state index contributed by atoms with van der Waals surface area (Å²) in [5, 5.41) is 5.55. The molecule has 0 aliphatic heterocycles. The van der Waals surface area contributed by atoms with Gasteiger partial charge in [0.1, 0.15) is 10.8 Å². The summed E-state index contributed by atoms with van der Waals surface area (Å²) < 4.78 is 5.12. The average Bonchev–Trinajstić information content (AvgIpc) is 2.93. The van der Waals surface area contributed by atoms with Gasteiger partial charge in [0, 0.05) is 17.5 Å². The Bertz CT molecular complexity index is 590. The molecule has 20 heavy (non-hydrogen) atoms.